The van der Waals surface area contributed by atoms with Crippen molar-refractivity contribution in [3.63, 3.8) is 0 Å². The molecule has 0 radical (unpaired) electrons. The summed E-state index contributed by atoms with van der Waals surface area (Å²) in [7, 11) is 0. The third-order valence-corrected chi connectivity index (χ3v) is 3.78. The van der Waals surface area contributed by atoms with Gasteiger partial charge in [0.05, 0.1) is 12.6 Å². The summed E-state index contributed by atoms with van der Waals surface area (Å²) in [5.41, 5.74) is 0.538. The second-order valence-corrected chi connectivity index (χ2v) is 5.61. The minimum absolute atomic E-state index is 0.0418. The zero-order valence-corrected chi connectivity index (χ0v) is 13.0. The third kappa shape index (κ3) is 3.77. The number of aromatic nitrogens is 1. The van der Waals surface area contributed by atoms with Crippen molar-refractivity contribution in [3.8, 4) is 0 Å². The number of nitrogens with zero attached hydrogens (tertiary/aromatic N) is 1. The van der Waals surface area contributed by atoms with Crippen LogP contribution < -0.4 is 10.6 Å². The fraction of sp³-hybridized carbons (Fsp3) is 0.375. The summed E-state index contributed by atoms with van der Waals surface area (Å²) in [6.45, 7) is 2.24. The molecule has 3 rings (SSSR count). The number of halogens is 2. The SMILES string of the molecule is Cc1cc(NC(=O)CNC2CCOC2c2ccc(F)c(F)c2)no1. The van der Waals surface area contributed by atoms with Gasteiger partial charge in [-0.25, -0.2) is 8.78 Å². The lowest BCUT2D eigenvalue weighted by Gasteiger charge is -2.20. The molecule has 1 amide bonds. The van der Waals surface area contributed by atoms with Crippen LogP contribution in [0.25, 0.3) is 0 Å². The number of amides is 1. The molecule has 1 aliphatic rings. The molecule has 2 heterocycles. The number of rotatable bonds is 5. The highest BCUT2D eigenvalue weighted by Crippen LogP contribution is 2.29. The van der Waals surface area contributed by atoms with E-state index in [1.165, 1.54) is 6.07 Å². The minimum Gasteiger partial charge on any atom is -0.372 e. The maximum atomic E-state index is 13.4. The quantitative estimate of drug-likeness (QED) is 0.876. The average Bonchev–Trinajstić information content (AvgIpc) is 3.17. The summed E-state index contributed by atoms with van der Waals surface area (Å²) in [5, 5.41) is 9.36. The van der Waals surface area contributed by atoms with E-state index in [0.717, 1.165) is 12.1 Å². The van der Waals surface area contributed by atoms with Crippen LogP contribution in [0.15, 0.2) is 28.8 Å². The van der Waals surface area contributed by atoms with Gasteiger partial charge in [0.25, 0.3) is 0 Å². The van der Waals surface area contributed by atoms with Crippen molar-refractivity contribution in [1.82, 2.24) is 10.5 Å². The molecule has 0 aliphatic carbocycles. The maximum Gasteiger partial charge on any atom is 0.239 e. The van der Waals surface area contributed by atoms with Crippen LogP contribution in [0.2, 0.25) is 0 Å². The molecule has 1 aliphatic heterocycles. The number of benzene rings is 1. The van der Waals surface area contributed by atoms with Gasteiger partial charge in [-0.1, -0.05) is 11.2 Å². The number of ether oxygens (including phenoxy) is 1. The Bertz CT molecular complexity index is 735. The predicted octanol–water partition coefficient (Wildman–Crippen LogP) is 2.32. The monoisotopic (exact) mass is 337 g/mol. The molecule has 1 aromatic carbocycles. The Kier molecular flexibility index (Phi) is 4.86. The smallest absolute Gasteiger partial charge is 0.239 e. The van der Waals surface area contributed by atoms with Crippen molar-refractivity contribution in [1.29, 1.82) is 0 Å². The lowest BCUT2D eigenvalue weighted by Crippen LogP contribution is -2.37. The largest absolute Gasteiger partial charge is 0.372 e. The van der Waals surface area contributed by atoms with Crippen LogP contribution in [0.4, 0.5) is 14.6 Å². The lowest BCUT2D eigenvalue weighted by molar-refractivity contribution is -0.115. The first-order valence-electron chi connectivity index (χ1n) is 7.56. The Morgan fingerprint density at radius 1 is 1.33 bits per heavy atom. The number of aryl methyl sites for hydroxylation is 1. The zero-order valence-electron chi connectivity index (χ0n) is 13.0. The van der Waals surface area contributed by atoms with Crippen LogP contribution in [0.3, 0.4) is 0 Å². The molecule has 0 saturated carbocycles. The van der Waals surface area contributed by atoms with Crippen LogP contribution >= 0.6 is 0 Å². The number of hydrogen-bond acceptors (Lipinski definition) is 5. The third-order valence-electron chi connectivity index (χ3n) is 3.78. The van der Waals surface area contributed by atoms with Crippen LogP contribution in [-0.2, 0) is 9.53 Å². The Morgan fingerprint density at radius 2 is 2.17 bits per heavy atom. The van der Waals surface area contributed by atoms with Gasteiger partial charge in [-0.2, -0.15) is 0 Å². The molecule has 2 atom stereocenters. The summed E-state index contributed by atoms with van der Waals surface area (Å²) in [4.78, 5) is 11.9. The van der Waals surface area contributed by atoms with Crippen molar-refractivity contribution in [3.05, 3.63) is 47.2 Å². The van der Waals surface area contributed by atoms with E-state index in [9.17, 15) is 13.6 Å². The molecule has 1 saturated heterocycles. The molecular weight excluding hydrogens is 320 g/mol. The second-order valence-electron chi connectivity index (χ2n) is 5.61. The van der Waals surface area contributed by atoms with Gasteiger partial charge in [-0.05, 0) is 31.0 Å². The highest BCUT2D eigenvalue weighted by Gasteiger charge is 2.30. The van der Waals surface area contributed by atoms with Gasteiger partial charge >= 0.3 is 0 Å². The van der Waals surface area contributed by atoms with E-state index in [2.05, 4.69) is 15.8 Å². The van der Waals surface area contributed by atoms with E-state index in [1.807, 2.05) is 0 Å². The predicted molar refractivity (Wildman–Crippen MR) is 81.3 cm³/mol. The first-order valence-corrected chi connectivity index (χ1v) is 7.56. The summed E-state index contributed by atoms with van der Waals surface area (Å²) in [6.07, 6.45) is 0.238. The van der Waals surface area contributed by atoms with Crippen LogP contribution in [0, 0.1) is 18.6 Å². The molecule has 2 unspecified atom stereocenters. The van der Waals surface area contributed by atoms with Crippen molar-refractivity contribution < 1.29 is 22.8 Å². The summed E-state index contributed by atoms with van der Waals surface area (Å²) < 4.78 is 36.9. The Morgan fingerprint density at radius 3 is 2.88 bits per heavy atom. The Hall–Kier alpha value is -2.32. The number of hydrogen-bond donors (Lipinski definition) is 2. The lowest BCUT2D eigenvalue weighted by atomic mass is 10.0. The molecule has 0 bridgehead atoms. The van der Waals surface area contributed by atoms with Crippen molar-refractivity contribution in [2.45, 2.75) is 25.5 Å². The van der Waals surface area contributed by atoms with Crippen LogP contribution in [0.1, 0.15) is 23.8 Å². The maximum absolute atomic E-state index is 13.4. The molecule has 2 N–H and O–H groups in total. The topological polar surface area (TPSA) is 76.4 Å². The number of nitrogens with one attached hydrogen (secondary N) is 2. The number of carbonyl (C=O) groups excluding carboxylic acids is 1. The zero-order chi connectivity index (χ0) is 17.1. The van der Waals surface area contributed by atoms with Gasteiger partial charge in [0.1, 0.15) is 5.76 Å². The van der Waals surface area contributed by atoms with E-state index < -0.39 is 17.7 Å². The van der Waals surface area contributed by atoms with Crippen molar-refractivity contribution >= 4 is 11.7 Å². The first kappa shape index (κ1) is 16.5. The molecule has 6 nitrogen and oxygen atoms in total. The van der Waals surface area contributed by atoms with E-state index in [1.54, 1.807) is 13.0 Å². The van der Waals surface area contributed by atoms with E-state index in [4.69, 9.17) is 9.26 Å². The molecule has 0 spiro atoms. The highest BCUT2D eigenvalue weighted by atomic mass is 19.2. The standard InChI is InChI=1S/C16H17F2N3O3/c1-9-6-14(21-24-9)20-15(22)8-19-13-4-5-23-16(13)10-2-3-11(17)12(18)7-10/h2-3,6-7,13,16,19H,4-5,8H2,1H3,(H,20,21,22). The van der Waals surface area contributed by atoms with Crippen molar-refractivity contribution in [2.24, 2.45) is 0 Å². The normalized spacial score (nSPS) is 20.3. The van der Waals surface area contributed by atoms with Gasteiger partial charge in [-0.15, -0.1) is 0 Å². The molecule has 8 heteroatoms. The summed E-state index contributed by atoms with van der Waals surface area (Å²) in [6, 6.07) is 5.13. The fourth-order valence-corrected chi connectivity index (χ4v) is 2.65. The molecule has 2 aromatic rings. The van der Waals surface area contributed by atoms with E-state index in [-0.39, 0.29) is 18.5 Å². The summed E-state index contributed by atoms with van der Waals surface area (Å²) in [5.74, 6) is -1.15. The first-order chi connectivity index (χ1) is 11.5. The summed E-state index contributed by atoms with van der Waals surface area (Å²) >= 11 is 0. The molecule has 128 valence electrons. The van der Waals surface area contributed by atoms with Gasteiger partial charge in [0, 0.05) is 18.7 Å². The van der Waals surface area contributed by atoms with Crippen LogP contribution in [0.5, 0.6) is 0 Å². The van der Waals surface area contributed by atoms with Crippen molar-refractivity contribution in [2.75, 3.05) is 18.5 Å². The Labute approximate surface area is 137 Å². The highest BCUT2D eigenvalue weighted by molar-refractivity contribution is 5.91. The second kappa shape index (κ2) is 7.06. The fourth-order valence-electron chi connectivity index (χ4n) is 2.65. The molecule has 1 aromatic heterocycles. The number of carbonyl (C=O) groups is 1. The molecular formula is C16H17F2N3O3. The van der Waals surface area contributed by atoms with Gasteiger partial charge in [0.15, 0.2) is 17.5 Å². The Balaban J connectivity index is 1.57. The molecule has 1 fully saturated rings. The van der Waals surface area contributed by atoms with Gasteiger partial charge < -0.3 is 19.9 Å². The van der Waals surface area contributed by atoms with E-state index in [0.29, 0.717) is 30.2 Å². The van der Waals surface area contributed by atoms with E-state index >= 15 is 0 Å². The number of anilines is 1. The molecule has 24 heavy (non-hydrogen) atoms. The van der Waals surface area contributed by atoms with Crippen LogP contribution in [-0.4, -0.2) is 30.3 Å². The van der Waals surface area contributed by atoms with Gasteiger partial charge in [-0.3, -0.25) is 4.79 Å². The average molecular weight is 337 g/mol. The minimum atomic E-state index is -0.916. The van der Waals surface area contributed by atoms with Gasteiger partial charge in [0.2, 0.25) is 5.91 Å².